The van der Waals surface area contributed by atoms with Crippen LogP contribution in [0.25, 0.3) is 0 Å². The van der Waals surface area contributed by atoms with Crippen molar-refractivity contribution < 1.29 is 14.3 Å². The summed E-state index contributed by atoms with van der Waals surface area (Å²) in [5.41, 5.74) is 1.58. The number of Topliss-reactive ketones (excluding diaryl/α,β-unsaturated/α-hetero) is 1. The van der Waals surface area contributed by atoms with E-state index in [1.807, 2.05) is 32.9 Å². The van der Waals surface area contributed by atoms with E-state index in [1.165, 1.54) is 0 Å². The van der Waals surface area contributed by atoms with Crippen LogP contribution in [0.15, 0.2) is 12.1 Å². The summed E-state index contributed by atoms with van der Waals surface area (Å²) >= 11 is 0. The highest BCUT2D eigenvalue weighted by atomic mass is 16.5. The number of carbonyl (C=O) groups excluding carboxylic acids is 1. The van der Waals surface area contributed by atoms with Crippen molar-refractivity contribution in [2.24, 2.45) is 5.92 Å². The second-order valence-electron chi connectivity index (χ2n) is 4.07. The highest BCUT2D eigenvalue weighted by Crippen LogP contribution is 2.33. The summed E-state index contributed by atoms with van der Waals surface area (Å²) < 4.78 is 10.5. The molecule has 0 aliphatic carbocycles. The van der Waals surface area contributed by atoms with Crippen molar-refractivity contribution in [1.29, 1.82) is 0 Å². The minimum Gasteiger partial charge on any atom is -0.493 e. The van der Waals surface area contributed by atoms with Crippen molar-refractivity contribution in [2.75, 3.05) is 14.2 Å². The summed E-state index contributed by atoms with van der Waals surface area (Å²) in [6, 6.07) is 3.69. The van der Waals surface area contributed by atoms with Gasteiger partial charge >= 0.3 is 0 Å². The summed E-state index contributed by atoms with van der Waals surface area (Å²) in [6.45, 7) is 5.67. The van der Waals surface area contributed by atoms with Gasteiger partial charge in [0.15, 0.2) is 17.3 Å². The molecule has 0 N–H and O–H groups in total. The van der Waals surface area contributed by atoms with Gasteiger partial charge in [0.25, 0.3) is 0 Å². The number of rotatable bonds is 4. The lowest BCUT2D eigenvalue weighted by molar-refractivity contribution is 0.0935. The summed E-state index contributed by atoms with van der Waals surface area (Å²) in [7, 11) is 3.12. The highest BCUT2D eigenvalue weighted by molar-refractivity contribution is 6.00. The fourth-order valence-electron chi connectivity index (χ4n) is 1.60. The van der Waals surface area contributed by atoms with Crippen LogP contribution in [-0.2, 0) is 0 Å². The zero-order chi connectivity index (χ0) is 12.3. The molecular formula is C13H18O3. The van der Waals surface area contributed by atoms with Gasteiger partial charge in [-0.3, -0.25) is 4.79 Å². The van der Waals surface area contributed by atoms with Crippen molar-refractivity contribution in [1.82, 2.24) is 0 Å². The van der Waals surface area contributed by atoms with E-state index < -0.39 is 0 Å². The molecule has 0 radical (unpaired) electrons. The maximum Gasteiger partial charge on any atom is 0.171 e. The lowest BCUT2D eigenvalue weighted by Gasteiger charge is -2.14. The van der Waals surface area contributed by atoms with E-state index in [2.05, 4.69) is 0 Å². The quantitative estimate of drug-likeness (QED) is 0.735. The van der Waals surface area contributed by atoms with Crippen LogP contribution >= 0.6 is 0 Å². The van der Waals surface area contributed by atoms with Crippen LogP contribution in [-0.4, -0.2) is 20.0 Å². The van der Waals surface area contributed by atoms with E-state index in [0.29, 0.717) is 17.1 Å². The first-order valence-electron chi connectivity index (χ1n) is 5.28. The number of hydrogen-bond acceptors (Lipinski definition) is 3. The van der Waals surface area contributed by atoms with Gasteiger partial charge in [-0.1, -0.05) is 13.8 Å². The Morgan fingerprint density at radius 3 is 2.25 bits per heavy atom. The van der Waals surface area contributed by atoms with E-state index in [4.69, 9.17) is 9.47 Å². The third-order valence-electron chi connectivity index (χ3n) is 2.41. The highest BCUT2D eigenvalue weighted by Gasteiger charge is 2.19. The fourth-order valence-corrected chi connectivity index (χ4v) is 1.60. The SMILES string of the molecule is COc1cc(C)cc(C(=O)C(C)C)c1OC. The van der Waals surface area contributed by atoms with Crippen LogP contribution in [0, 0.1) is 12.8 Å². The first-order chi connectivity index (χ1) is 7.51. The molecule has 0 heterocycles. The Kier molecular flexibility index (Phi) is 3.93. The molecule has 0 amide bonds. The van der Waals surface area contributed by atoms with Crippen LogP contribution in [0.3, 0.4) is 0 Å². The molecule has 3 nitrogen and oxygen atoms in total. The van der Waals surface area contributed by atoms with Crippen LogP contribution in [0.2, 0.25) is 0 Å². The maximum absolute atomic E-state index is 12.0. The Morgan fingerprint density at radius 2 is 1.81 bits per heavy atom. The van der Waals surface area contributed by atoms with Crippen LogP contribution in [0.1, 0.15) is 29.8 Å². The number of ketones is 1. The van der Waals surface area contributed by atoms with Crippen LogP contribution in [0.5, 0.6) is 11.5 Å². The summed E-state index contributed by atoms with van der Waals surface area (Å²) in [5, 5.41) is 0. The molecule has 0 aliphatic rings. The molecule has 0 aliphatic heterocycles. The molecular weight excluding hydrogens is 204 g/mol. The van der Waals surface area contributed by atoms with Crippen LogP contribution < -0.4 is 9.47 Å². The average molecular weight is 222 g/mol. The average Bonchev–Trinajstić information content (AvgIpc) is 2.26. The van der Waals surface area contributed by atoms with Crippen molar-refractivity contribution in [3.63, 3.8) is 0 Å². The van der Waals surface area contributed by atoms with Crippen molar-refractivity contribution in [3.05, 3.63) is 23.3 Å². The zero-order valence-electron chi connectivity index (χ0n) is 10.5. The van der Waals surface area contributed by atoms with Gasteiger partial charge in [0.2, 0.25) is 0 Å². The normalized spacial score (nSPS) is 10.4. The molecule has 16 heavy (non-hydrogen) atoms. The van der Waals surface area contributed by atoms with Crippen LogP contribution in [0.4, 0.5) is 0 Å². The molecule has 0 saturated carbocycles. The summed E-state index contributed by atoms with van der Waals surface area (Å²) in [5.74, 6) is 1.14. The molecule has 3 heteroatoms. The second kappa shape index (κ2) is 5.01. The Balaban J connectivity index is 3.36. The molecule has 0 unspecified atom stereocenters. The third-order valence-corrected chi connectivity index (χ3v) is 2.41. The van der Waals surface area contributed by atoms with E-state index in [-0.39, 0.29) is 11.7 Å². The topological polar surface area (TPSA) is 35.5 Å². The molecule has 0 fully saturated rings. The number of methoxy groups -OCH3 is 2. The van der Waals surface area contributed by atoms with Gasteiger partial charge in [0.1, 0.15) is 0 Å². The Bertz CT molecular complexity index is 394. The lowest BCUT2D eigenvalue weighted by Crippen LogP contribution is -2.10. The standard InChI is InChI=1S/C13H18O3/c1-8(2)12(14)10-6-9(3)7-11(15-4)13(10)16-5/h6-8H,1-5H3. The lowest BCUT2D eigenvalue weighted by atomic mass is 9.98. The van der Waals surface area contributed by atoms with E-state index >= 15 is 0 Å². The van der Waals surface area contributed by atoms with Gasteiger partial charge in [-0.2, -0.15) is 0 Å². The van der Waals surface area contributed by atoms with Crippen molar-refractivity contribution >= 4 is 5.78 Å². The molecule has 88 valence electrons. The second-order valence-corrected chi connectivity index (χ2v) is 4.07. The Labute approximate surface area is 96.4 Å². The molecule has 0 aromatic heterocycles. The fraction of sp³-hybridized carbons (Fsp3) is 0.462. The maximum atomic E-state index is 12.0. The van der Waals surface area contributed by atoms with Gasteiger partial charge in [-0.25, -0.2) is 0 Å². The molecule has 0 spiro atoms. The molecule has 1 aromatic carbocycles. The number of ether oxygens (including phenoxy) is 2. The third kappa shape index (κ3) is 2.35. The predicted octanol–water partition coefficient (Wildman–Crippen LogP) is 2.85. The van der Waals surface area contributed by atoms with E-state index in [0.717, 1.165) is 5.56 Å². The minimum absolute atomic E-state index is 0.0552. The molecule has 0 bridgehead atoms. The van der Waals surface area contributed by atoms with Crippen molar-refractivity contribution in [3.8, 4) is 11.5 Å². The molecule has 1 rings (SSSR count). The molecule has 0 atom stereocenters. The van der Waals surface area contributed by atoms with Gasteiger partial charge in [0.05, 0.1) is 19.8 Å². The predicted molar refractivity (Wildman–Crippen MR) is 63.5 cm³/mol. The number of benzene rings is 1. The van der Waals surface area contributed by atoms with E-state index in [9.17, 15) is 4.79 Å². The number of aryl methyl sites for hydroxylation is 1. The summed E-state index contributed by atoms with van der Waals surface area (Å²) in [4.78, 5) is 12.0. The summed E-state index contributed by atoms with van der Waals surface area (Å²) in [6.07, 6.45) is 0. The van der Waals surface area contributed by atoms with Crippen molar-refractivity contribution in [2.45, 2.75) is 20.8 Å². The molecule has 1 aromatic rings. The van der Waals surface area contributed by atoms with Gasteiger partial charge in [-0.05, 0) is 24.6 Å². The first kappa shape index (κ1) is 12.6. The Morgan fingerprint density at radius 1 is 1.19 bits per heavy atom. The first-order valence-corrected chi connectivity index (χ1v) is 5.28. The smallest absolute Gasteiger partial charge is 0.171 e. The Hall–Kier alpha value is -1.51. The largest absolute Gasteiger partial charge is 0.493 e. The minimum atomic E-state index is -0.0552. The van der Waals surface area contributed by atoms with Gasteiger partial charge in [-0.15, -0.1) is 0 Å². The number of hydrogen-bond donors (Lipinski definition) is 0. The van der Waals surface area contributed by atoms with Gasteiger partial charge < -0.3 is 9.47 Å². The molecule has 0 saturated heterocycles. The van der Waals surface area contributed by atoms with Gasteiger partial charge in [0, 0.05) is 5.92 Å². The van der Waals surface area contributed by atoms with E-state index in [1.54, 1.807) is 14.2 Å². The monoisotopic (exact) mass is 222 g/mol. The zero-order valence-corrected chi connectivity index (χ0v) is 10.5. The number of carbonyl (C=O) groups is 1.